The zero-order valence-electron chi connectivity index (χ0n) is 12.2. The molecule has 1 aromatic rings. The first-order valence-electron chi connectivity index (χ1n) is 6.87. The molecule has 1 aliphatic rings. The van der Waals surface area contributed by atoms with Gasteiger partial charge in [0.25, 0.3) is 0 Å². The predicted molar refractivity (Wildman–Crippen MR) is 88.8 cm³/mol. The van der Waals surface area contributed by atoms with Gasteiger partial charge in [-0.3, -0.25) is 0 Å². The number of hydrogen-bond acceptors (Lipinski definition) is 4. The van der Waals surface area contributed by atoms with E-state index in [0.29, 0.717) is 0 Å². The molecule has 0 aromatic heterocycles. The molecule has 0 amide bonds. The molecule has 122 valence electrons. The van der Waals surface area contributed by atoms with Crippen LogP contribution in [0.2, 0.25) is 5.02 Å². The summed E-state index contributed by atoms with van der Waals surface area (Å²) in [7, 11) is -3.63. The molecule has 2 N–H and O–H groups in total. The summed E-state index contributed by atoms with van der Waals surface area (Å²) in [5.41, 5.74) is 0.264. The van der Waals surface area contributed by atoms with Gasteiger partial charge in [0.2, 0.25) is 10.0 Å². The first kappa shape index (κ1) is 19.2. The fraction of sp³-hybridized carbons (Fsp3) is 0.500. The first-order valence-corrected chi connectivity index (χ1v) is 8.73. The van der Waals surface area contributed by atoms with E-state index in [1.807, 2.05) is 13.0 Å². The number of sulfonamides is 1. The molecule has 1 saturated heterocycles. The van der Waals surface area contributed by atoms with Crippen LogP contribution in [0.15, 0.2) is 23.1 Å². The second kappa shape index (κ2) is 8.14. The maximum Gasteiger partial charge on any atom is 0.240 e. The Balaban J connectivity index is 0.00000242. The van der Waals surface area contributed by atoms with Crippen molar-refractivity contribution in [2.45, 2.75) is 30.7 Å². The molecule has 8 heteroatoms. The summed E-state index contributed by atoms with van der Waals surface area (Å²) in [5, 5.41) is 12.2. The van der Waals surface area contributed by atoms with Crippen LogP contribution in [-0.4, -0.2) is 27.5 Å². The van der Waals surface area contributed by atoms with E-state index in [4.69, 9.17) is 16.9 Å². The number of nitrogens with zero attached hydrogens (tertiary/aromatic N) is 1. The van der Waals surface area contributed by atoms with E-state index in [0.717, 1.165) is 25.9 Å². The zero-order valence-corrected chi connectivity index (χ0v) is 14.6. The summed E-state index contributed by atoms with van der Waals surface area (Å²) in [6.07, 6.45) is 2.06. The van der Waals surface area contributed by atoms with Gasteiger partial charge in [0, 0.05) is 6.04 Å². The highest BCUT2D eigenvalue weighted by molar-refractivity contribution is 7.89. The Morgan fingerprint density at radius 1 is 1.50 bits per heavy atom. The molecule has 2 atom stereocenters. The Morgan fingerprint density at radius 3 is 2.77 bits per heavy atom. The molecular weight excluding hydrogens is 345 g/mol. The van der Waals surface area contributed by atoms with Crippen LogP contribution in [0, 0.1) is 17.2 Å². The van der Waals surface area contributed by atoms with Crippen molar-refractivity contribution in [2.24, 2.45) is 5.92 Å². The molecule has 2 rings (SSSR count). The van der Waals surface area contributed by atoms with E-state index in [1.54, 1.807) is 0 Å². The lowest BCUT2D eigenvalue weighted by atomic mass is 9.94. The van der Waals surface area contributed by atoms with Gasteiger partial charge in [-0.25, -0.2) is 13.1 Å². The molecule has 1 fully saturated rings. The summed E-state index contributed by atoms with van der Waals surface area (Å²) < 4.78 is 27.4. The third kappa shape index (κ3) is 4.58. The standard InChI is InChI=1S/C14H18ClN3O2S.ClH/c1-10(12-3-2-6-17-9-12)18-21(19,20)13-5-4-11(8-16)14(15)7-13;/h4-5,7,10,12,17-18H,2-3,6,9H2,1H3;1H. The van der Waals surface area contributed by atoms with E-state index in [1.165, 1.54) is 18.2 Å². The van der Waals surface area contributed by atoms with Gasteiger partial charge in [-0.05, 0) is 57.0 Å². The van der Waals surface area contributed by atoms with Gasteiger partial charge in [0.1, 0.15) is 6.07 Å². The van der Waals surface area contributed by atoms with Crippen LogP contribution in [-0.2, 0) is 10.0 Å². The van der Waals surface area contributed by atoms with Crippen LogP contribution in [0.4, 0.5) is 0 Å². The number of piperidine rings is 1. The number of hydrogen-bond donors (Lipinski definition) is 2. The van der Waals surface area contributed by atoms with E-state index < -0.39 is 10.0 Å². The largest absolute Gasteiger partial charge is 0.316 e. The number of benzene rings is 1. The third-order valence-electron chi connectivity index (χ3n) is 3.75. The molecule has 1 heterocycles. The van der Waals surface area contributed by atoms with Crippen molar-refractivity contribution in [1.82, 2.24) is 10.0 Å². The van der Waals surface area contributed by atoms with E-state index >= 15 is 0 Å². The highest BCUT2D eigenvalue weighted by atomic mass is 35.5. The van der Waals surface area contributed by atoms with Gasteiger partial charge in [0.15, 0.2) is 0 Å². The summed E-state index contributed by atoms with van der Waals surface area (Å²) in [5.74, 6) is 0.280. The molecule has 22 heavy (non-hydrogen) atoms. The van der Waals surface area contributed by atoms with Crippen LogP contribution in [0.5, 0.6) is 0 Å². The highest BCUT2D eigenvalue weighted by Gasteiger charge is 2.25. The minimum absolute atomic E-state index is 0. The van der Waals surface area contributed by atoms with Crippen molar-refractivity contribution >= 4 is 34.0 Å². The van der Waals surface area contributed by atoms with Crippen molar-refractivity contribution in [3.63, 3.8) is 0 Å². The summed E-state index contributed by atoms with van der Waals surface area (Å²) in [6, 6.07) is 5.89. The van der Waals surface area contributed by atoms with Crippen molar-refractivity contribution in [3.05, 3.63) is 28.8 Å². The summed E-state index contributed by atoms with van der Waals surface area (Å²) in [6.45, 7) is 3.68. The van der Waals surface area contributed by atoms with Crippen molar-refractivity contribution in [1.29, 1.82) is 5.26 Å². The van der Waals surface area contributed by atoms with Gasteiger partial charge in [-0.2, -0.15) is 5.26 Å². The smallest absolute Gasteiger partial charge is 0.240 e. The first-order chi connectivity index (χ1) is 9.94. The van der Waals surface area contributed by atoms with Crippen molar-refractivity contribution in [2.75, 3.05) is 13.1 Å². The Labute approximate surface area is 142 Å². The minimum atomic E-state index is -3.63. The predicted octanol–water partition coefficient (Wildman–Crippen LogP) is 2.30. The maximum atomic E-state index is 12.4. The van der Waals surface area contributed by atoms with E-state index in [9.17, 15) is 8.42 Å². The second-order valence-electron chi connectivity index (χ2n) is 5.27. The average molecular weight is 364 g/mol. The molecule has 0 saturated carbocycles. The zero-order chi connectivity index (χ0) is 15.5. The number of halogens is 2. The van der Waals surface area contributed by atoms with E-state index in [-0.39, 0.29) is 39.8 Å². The molecule has 1 aliphatic heterocycles. The highest BCUT2D eigenvalue weighted by Crippen LogP contribution is 2.21. The molecule has 5 nitrogen and oxygen atoms in total. The van der Waals surface area contributed by atoms with Crippen LogP contribution >= 0.6 is 24.0 Å². The average Bonchev–Trinajstić information content (AvgIpc) is 2.47. The normalized spacial score (nSPS) is 19.8. The molecule has 0 aliphatic carbocycles. The number of rotatable bonds is 4. The maximum absolute atomic E-state index is 12.4. The van der Waals surface area contributed by atoms with Gasteiger partial charge >= 0.3 is 0 Å². The monoisotopic (exact) mass is 363 g/mol. The molecule has 0 spiro atoms. The molecule has 2 unspecified atom stereocenters. The fourth-order valence-electron chi connectivity index (χ4n) is 2.47. The quantitative estimate of drug-likeness (QED) is 0.859. The lowest BCUT2D eigenvalue weighted by Crippen LogP contribution is -2.44. The third-order valence-corrected chi connectivity index (χ3v) is 5.62. The molecule has 1 aromatic carbocycles. The van der Waals surface area contributed by atoms with Crippen LogP contribution in [0.1, 0.15) is 25.3 Å². The SMILES string of the molecule is CC(NS(=O)(=O)c1ccc(C#N)c(Cl)c1)C1CCCNC1.Cl. The molecular formula is C14H19Cl2N3O2S. The van der Waals surface area contributed by atoms with Crippen LogP contribution in [0.25, 0.3) is 0 Å². The Bertz CT molecular complexity index is 653. The van der Waals surface area contributed by atoms with Crippen LogP contribution in [0.3, 0.4) is 0 Å². The Kier molecular flexibility index (Phi) is 7.10. The van der Waals surface area contributed by atoms with Gasteiger partial charge in [0.05, 0.1) is 15.5 Å². The fourth-order valence-corrected chi connectivity index (χ4v) is 4.09. The van der Waals surface area contributed by atoms with Crippen molar-refractivity contribution in [3.8, 4) is 6.07 Å². The van der Waals surface area contributed by atoms with Gasteiger partial charge < -0.3 is 5.32 Å². The number of nitriles is 1. The van der Waals surface area contributed by atoms with Gasteiger partial charge in [-0.1, -0.05) is 11.6 Å². The lowest BCUT2D eigenvalue weighted by Gasteiger charge is -2.28. The summed E-state index contributed by atoms with van der Waals surface area (Å²) in [4.78, 5) is 0.0853. The number of nitrogens with one attached hydrogen (secondary N) is 2. The Morgan fingerprint density at radius 2 is 2.23 bits per heavy atom. The lowest BCUT2D eigenvalue weighted by molar-refractivity contribution is 0.320. The van der Waals surface area contributed by atoms with Gasteiger partial charge in [-0.15, -0.1) is 12.4 Å². The van der Waals surface area contributed by atoms with Crippen LogP contribution < -0.4 is 10.0 Å². The van der Waals surface area contributed by atoms with E-state index in [2.05, 4.69) is 10.0 Å². The van der Waals surface area contributed by atoms with Crippen molar-refractivity contribution < 1.29 is 8.42 Å². The minimum Gasteiger partial charge on any atom is -0.316 e. The summed E-state index contributed by atoms with van der Waals surface area (Å²) >= 11 is 5.90. The Hall–Kier alpha value is -0.840. The molecule has 0 radical (unpaired) electrons. The topological polar surface area (TPSA) is 82.0 Å². The second-order valence-corrected chi connectivity index (χ2v) is 7.39. The molecule has 0 bridgehead atoms.